The second kappa shape index (κ2) is 5.26. The number of nitrogens with zero attached hydrogens (tertiary/aromatic N) is 2. The summed E-state index contributed by atoms with van der Waals surface area (Å²) in [5.41, 5.74) is 0. The van der Waals surface area contributed by atoms with Crippen molar-refractivity contribution in [2.75, 3.05) is 33.7 Å². The minimum Gasteiger partial charge on any atom is -0.308 e. The van der Waals surface area contributed by atoms with Gasteiger partial charge in [0.2, 0.25) is 0 Å². The maximum absolute atomic E-state index is 5.27. The average molecular weight is 180 g/mol. The maximum atomic E-state index is 5.27. The lowest BCUT2D eigenvalue weighted by Gasteiger charge is -2.26. The van der Waals surface area contributed by atoms with Crippen LogP contribution in [0.2, 0.25) is 0 Å². The third kappa shape index (κ3) is 3.38. The normalized spacial score (nSPS) is 23.7. The first-order valence-corrected chi connectivity index (χ1v) is 5.06. The van der Waals surface area contributed by atoms with Gasteiger partial charge in [0.1, 0.15) is 0 Å². The summed E-state index contributed by atoms with van der Waals surface area (Å²) in [6, 6.07) is 0.739. The molecule has 0 amide bonds. The summed E-state index contributed by atoms with van der Waals surface area (Å²) >= 11 is 0. The molecule has 0 aromatic heterocycles. The molecule has 1 saturated heterocycles. The molecule has 1 aliphatic rings. The van der Waals surface area contributed by atoms with E-state index in [9.17, 15) is 0 Å². The molecule has 2 nitrogen and oxygen atoms in total. The second-order valence-electron chi connectivity index (χ2n) is 4.05. The first-order chi connectivity index (χ1) is 6.24. The van der Waals surface area contributed by atoms with E-state index in [1.165, 1.54) is 25.9 Å². The van der Waals surface area contributed by atoms with Crippen molar-refractivity contribution in [3.63, 3.8) is 0 Å². The summed E-state index contributed by atoms with van der Waals surface area (Å²) in [5.74, 6) is 2.71. The molecule has 0 saturated carbocycles. The fourth-order valence-corrected chi connectivity index (χ4v) is 2.03. The Morgan fingerprint density at radius 2 is 2.31 bits per heavy atom. The first kappa shape index (κ1) is 10.6. The van der Waals surface area contributed by atoms with Gasteiger partial charge in [-0.05, 0) is 33.5 Å². The minimum atomic E-state index is 0.739. The van der Waals surface area contributed by atoms with E-state index in [1.807, 2.05) is 0 Å². The van der Waals surface area contributed by atoms with Crippen molar-refractivity contribution in [3.05, 3.63) is 0 Å². The average Bonchev–Trinajstić information content (AvgIpc) is 2.48. The molecular formula is C11H20N2. The number of likely N-dealkylation sites (tertiary alicyclic amines) is 1. The number of hydrogen-bond acceptors (Lipinski definition) is 2. The number of likely N-dealkylation sites (N-methyl/N-ethyl adjacent to an activating group) is 1. The van der Waals surface area contributed by atoms with Crippen molar-refractivity contribution in [3.8, 4) is 12.3 Å². The highest BCUT2D eigenvalue weighted by Crippen LogP contribution is 2.17. The van der Waals surface area contributed by atoms with Gasteiger partial charge in [-0.3, -0.25) is 4.90 Å². The van der Waals surface area contributed by atoms with Crippen LogP contribution in [0.1, 0.15) is 19.3 Å². The Morgan fingerprint density at radius 3 is 2.92 bits per heavy atom. The van der Waals surface area contributed by atoms with Crippen LogP contribution in [-0.2, 0) is 0 Å². The van der Waals surface area contributed by atoms with Crippen LogP contribution >= 0.6 is 0 Å². The van der Waals surface area contributed by atoms with Gasteiger partial charge >= 0.3 is 0 Å². The van der Waals surface area contributed by atoms with Gasteiger partial charge in [-0.15, -0.1) is 12.3 Å². The Morgan fingerprint density at radius 1 is 1.54 bits per heavy atom. The lowest BCUT2D eigenvalue weighted by molar-refractivity contribution is 0.212. The monoisotopic (exact) mass is 180 g/mol. The molecule has 0 aromatic rings. The van der Waals surface area contributed by atoms with E-state index in [0.29, 0.717) is 0 Å². The van der Waals surface area contributed by atoms with Crippen molar-refractivity contribution in [1.29, 1.82) is 0 Å². The minimum absolute atomic E-state index is 0.739. The van der Waals surface area contributed by atoms with Crippen LogP contribution in [0.3, 0.4) is 0 Å². The van der Waals surface area contributed by atoms with Crippen LogP contribution < -0.4 is 0 Å². The number of terminal acetylenes is 1. The topological polar surface area (TPSA) is 6.48 Å². The zero-order valence-electron chi connectivity index (χ0n) is 8.79. The van der Waals surface area contributed by atoms with E-state index in [-0.39, 0.29) is 0 Å². The summed E-state index contributed by atoms with van der Waals surface area (Å²) in [4.78, 5) is 4.79. The maximum Gasteiger partial charge on any atom is 0.0223 e. The molecule has 13 heavy (non-hydrogen) atoms. The highest BCUT2D eigenvalue weighted by molar-refractivity contribution is 4.88. The summed E-state index contributed by atoms with van der Waals surface area (Å²) in [6.07, 6.45) is 8.83. The van der Waals surface area contributed by atoms with Gasteiger partial charge < -0.3 is 4.90 Å². The molecule has 1 unspecified atom stereocenters. The SMILES string of the molecule is C#CCCN1CCCC1CN(C)C. The van der Waals surface area contributed by atoms with Crippen LogP contribution in [0.15, 0.2) is 0 Å². The lowest BCUT2D eigenvalue weighted by Crippen LogP contribution is -2.37. The van der Waals surface area contributed by atoms with Crippen molar-refractivity contribution in [1.82, 2.24) is 9.80 Å². The Balaban J connectivity index is 2.31. The van der Waals surface area contributed by atoms with Crippen molar-refractivity contribution in [2.45, 2.75) is 25.3 Å². The third-order valence-electron chi connectivity index (χ3n) is 2.62. The highest BCUT2D eigenvalue weighted by atomic mass is 15.2. The number of hydrogen-bond donors (Lipinski definition) is 0. The van der Waals surface area contributed by atoms with Crippen molar-refractivity contribution in [2.24, 2.45) is 0 Å². The second-order valence-corrected chi connectivity index (χ2v) is 4.05. The van der Waals surface area contributed by atoms with E-state index in [2.05, 4.69) is 29.8 Å². The van der Waals surface area contributed by atoms with E-state index in [1.54, 1.807) is 0 Å². The van der Waals surface area contributed by atoms with Gasteiger partial charge in [0, 0.05) is 25.6 Å². The van der Waals surface area contributed by atoms with Crippen molar-refractivity contribution < 1.29 is 0 Å². The van der Waals surface area contributed by atoms with Crippen LogP contribution in [0, 0.1) is 12.3 Å². The number of rotatable bonds is 4. The standard InChI is InChI=1S/C11H20N2/c1-4-5-8-13-9-6-7-11(13)10-12(2)3/h1,11H,5-10H2,2-3H3. The zero-order valence-corrected chi connectivity index (χ0v) is 8.79. The smallest absolute Gasteiger partial charge is 0.0223 e. The summed E-state index contributed by atoms with van der Waals surface area (Å²) < 4.78 is 0. The predicted octanol–water partition coefficient (Wildman–Crippen LogP) is 1.04. The van der Waals surface area contributed by atoms with E-state index in [4.69, 9.17) is 6.42 Å². The third-order valence-corrected chi connectivity index (χ3v) is 2.62. The molecule has 1 heterocycles. The molecule has 0 aliphatic carbocycles. The van der Waals surface area contributed by atoms with Crippen LogP contribution in [0.5, 0.6) is 0 Å². The molecule has 0 radical (unpaired) electrons. The van der Waals surface area contributed by atoms with Gasteiger partial charge in [-0.2, -0.15) is 0 Å². The fraction of sp³-hybridized carbons (Fsp3) is 0.818. The molecule has 0 N–H and O–H groups in total. The molecule has 0 aromatic carbocycles. The van der Waals surface area contributed by atoms with Gasteiger partial charge in [-0.25, -0.2) is 0 Å². The quantitative estimate of drug-likeness (QED) is 0.596. The van der Waals surface area contributed by atoms with Crippen molar-refractivity contribution >= 4 is 0 Å². The Hall–Kier alpha value is -0.520. The molecule has 0 bridgehead atoms. The van der Waals surface area contributed by atoms with E-state index in [0.717, 1.165) is 19.0 Å². The van der Waals surface area contributed by atoms with Gasteiger partial charge in [0.15, 0.2) is 0 Å². The molecule has 74 valence electrons. The van der Waals surface area contributed by atoms with Gasteiger partial charge in [-0.1, -0.05) is 0 Å². The molecule has 2 heteroatoms. The van der Waals surface area contributed by atoms with Crippen LogP contribution in [0.4, 0.5) is 0 Å². The Bertz CT molecular complexity index is 181. The molecule has 0 spiro atoms. The summed E-state index contributed by atoms with van der Waals surface area (Å²) in [5, 5.41) is 0. The highest BCUT2D eigenvalue weighted by Gasteiger charge is 2.23. The zero-order chi connectivity index (χ0) is 9.68. The Labute approximate surface area is 81.9 Å². The largest absolute Gasteiger partial charge is 0.308 e. The molecular weight excluding hydrogens is 160 g/mol. The molecule has 1 rings (SSSR count). The van der Waals surface area contributed by atoms with Gasteiger partial charge in [0.05, 0.1) is 0 Å². The van der Waals surface area contributed by atoms with E-state index >= 15 is 0 Å². The molecule has 1 fully saturated rings. The fourth-order valence-electron chi connectivity index (χ4n) is 2.03. The molecule has 1 atom stereocenters. The summed E-state index contributed by atoms with van der Waals surface area (Å²) in [6.45, 7) is 3.49. The Kier molecular flexibility index (Phi) is 4.27. The van der Waals surface area contributed by atoms with Crippen LogP contribution in [0.25, 0.3) is 0 Å². The predicted molar refractivity (Wildman–Crippen MR) is 56.6 cm³/mol. The first-order valence-electron chi connectivity index (χ1n) is 5.06. The lowest BCUT2D eigenvalue weighted by atomic mass is 10.2. The van der Waals surface area contributed by atoms with E-state index < -0.39 is 0 Å². The van der Waals surface area contributed by atoms with Crippen LogP contribution in [-0.4, -0.2) is 49.6 Å². The molecule has 1 aliphatic heterocycles. The summed E-state index contributed by atoms with van der Waals surface area (Å²) in [7, 11) is 4.27. The van der Waals surface area contributed by atoms with Gasteiger partial charge in [0.25, 0.3) is 0 Å².